The molecule has 0 amide bonds. The van der Waals surface area contributed by atoms with Crippen molar-refractivity contribution in [3.63, 3.8) is 0 Å². The summed E-state index contributed by atoms with van der Waals surface area (Å²) in [7, 11) is 0. The summed E-state index contributed by atoms with van der Waals surface area (Å²) >= 11 is 5.40. The maximum Gasteiger partial charge on any atom is 0.229 e. The third-order valence-corrected chi connectivity index (χ3v) is 2.45. The van der Waals surface area contributed by atoms with Crippen molar-refractivity contribution in [3.05, 3.63) is 23.8 Å². The molecule has 0 radical (unpaired) electrons. The molecule has 0 saturated heterocycles. The molecule has 0 fully saturated rings. The Morgan fingerprint density at radius 1 is 1.64 bits per heavy atom. The molecule has 0 aromatic rings. The molecule has 1 aliphatic rings. The zero-order valence-electron chi connectivity index (χ0n) is 6.67. The fourth-order valence-corrected chi connectivity index (χ4v) is 1.46. The van der Waals surface area contributed by atoms with E-state index in [0.29, 0.717) is 0 Å². The Bertz CT molecular complexity index is 228. The Hall–Kier alpha value is -0.560. The molecule has 1 nitrogen and oxygen atoms in total. The van der Waals surface area contributed by atoms with Crippen LogP contribution < -0.4 is 0 Å². The second-order valence-electron chi connectivity index (χ2n) is 2.91. The van der Waals surface area contributed by atoms with Gasteiger partial charge in [0.15, 0.2) is 0 Å². The van der Waals surface area contributed by atoms with E-state index >= 15 is 0 Å². The fraction of sp³-hybridized carbons (Fsp3) is 0.444. The zero-order valence-corrected chi connectivity index (χ0v) is 7.43. The van der Waals surface area contributed by atoms with Crippen LogP contribution in [0.1, 0.15) is 13.8 Å². The average Bonchev–Trinajstić information content (AvgIpc) is 1.94. The molecule has 2 unspecified atom stereocenters. The van der Waals surface area contributed by atoms with Crippen LogP contribution in [0, 0.1) is 11.8 Å². The largest absolute Gasteiger partial charge is 0.281 e. The van der Waals surface area contributed by atoms with E-state index in [4.69, 9.17) is 11.6 Å². The van der Waals surface area contributed by atoms with Crippen molar-refractivity contribution in [2.75, 3.05) is 0 Å². The second-order valence-corrected chi connectivity index (χ2v) is 3.29. The normalized spacial score (nSPS) is 29.9. The number of hydrogen-bond donors (Lipinski definition) is 0. The first-order chi connectivity index (χ1) is 5.13. The average molecular weight is 171 g/mol. The lowest BCUT2D eigenvalue weighted by Gasteiger charge is -2.20. The van der Waals surface area contributed by atoms with Crippen LogP contribution in [0.15, 0.2) is 23.8 Å². The summed E-state index contributed by atoms with van der Waals surface area (Å²) in [6.07, 6.45) is 5.76. The van der Waals surface area contributed by atoms with Crippen molar-refractivity contribution in [2.24, 2.45) is 11.8 Å². The highest BCUT2D eigenvalue weighted by atomic mass is 35.5. The van der Waals surface area contributed by atoms with E-state index in [1.165, 1.54) is 5.57 Å². The second kappa shape index (κ2) is 3.22. The highest BCUT2D eigenvalue weighted by Gasteiger charge is 2.23. The first-order valence-corrected chi connectivity index (χ1v) is 4.05. The first kappa shape index (κ1) is 8.54. The molecule has 60 valence electrons. The summed E-state index contributed by atoms with van der Waals surface area (Å²) in [4.78, 5) is 10.8. The summed E-state index contributed by atoms with van der Waals surface area (Å²) < 4.78 is 0. The van der Waals surface area contributed by atoms with Gasteiger partial charge in [-0.25, -0.2) is 0 Å². The van der Waals surface area contributed by atoms with Crippen molar-refractivity contribution in [2.45, 2.75) is 13.8 Å². The van der Waals surface area contributed by atoms with Gasteiger partial charge in [-0.1, -0.05) is 30.7 Å². The Morgan fingerprint density at radius 3 is 2.73 bits per heavy atom. The van der Waals surface area contributed by atoms with Crippen molar-refractivity contribution >= 4 is 16.8 Å². The van der Waals surface area contributed by atoms with E-state index in [1.807, 2.05) is 32.1 Å². The molecular weight excluding hydrogens is 160 g/mol. The van der Waals surface area contributed by atoms with Gasteiger partial charge in [0.2, 0.25) is 5.24 Å². The fourth-order valence-electron chi connectivity index (χ4n) is 1.20. The van der Waals surface area contributed by atoms with Crippen LogP contribution >= 0.6 is 11.6 Å². The standard InChI is InChI=1S/C9H11ClO/c1-6-4-3-5-8(7(6)2)9(10)11/h3-5,7-8H,1-2H3. The molecular formula is C9H11ClO. The van der Waals surface area contributed by atoms with Gasteiger partial charge in [0.25, 0.3) is 0 Å². The maximum absolute atomic E-state index is 10.8. The molecule has 0 heterocycles. The molecule has 0 aromatic heterocycles. The molecule has 2 heteroatoms. The lowest BCUT2D eigenvalue weighted by atomic mass is 9.85. The summed E-state index contributed by atoms with van der Waals surface area (Å²) in [5.74, 6) is 0.131. The zero-order chi connectivity index (χ0) is 8.43. The van der Waals surface area contributed by atoms with Crippen molar-refractivity contribution in [1.82, 2.24) is 0 Å². The maximum atomic E-state index is 10.8. The van der Waals surface area contributed by atoms with Gasteiger partial charge < -0.3 is 0 Å². The molecule has 0 spiro atoms. The summed E-state index contributed by atoms with van der Waals surface area (Å²) in [5, 5.41) is -0.263. The summed E-state index contributed by atoms with van der Waals surface area (Å²) in [6.45, 7) is 4.03. The van der Waals surface area contributed by atoms with Crippen LogP contribution in [-0.2, 0) is 4.79 Å². The molecule has 0 aliphatic heterocycles. The molecule has 0 saturated carbocycles. The number of carbonyl (C=O) groups is 1. The Kier molecular flexibility index (Phi) is 2.50. The lowest BCUT2D eigenvalue weighted by molar-refractivity contribution is -0.114. The Morgan fingerprint density at radius 2 is 2.27 bits per heavy atom. The van der Waals surface area contributed by atoms with E-state index in [1.54, 1.807) is 0 Å². The van der Waals surface area contributed by atoms with Crippen LogP contribution in [0.3, 0.4) is 0 Å². The summed E-state index contributed by atoms with van der Waals surface area (Å²) in [5.41, 5.74) is 1.21. The number of rotatable bonds is 1. The number of hydrogen-bond acceptors (Lipinski definition) is 1. The van der Waals surface area contributed by atoms with E-state index in [2.05, 4.69) is 0 Å². The van der Waals surface area contributed by atoms with Gasteiger partial charge >= 0.3 is 0 Å². The molecule has 1 rings (SSSR count). The molecule has 0 aromatic carbocycles. The smallest absolute Gasteiger partial charge is 0.229 e. The van der Waals surface area contributed by atoms with Gasteiger partial charge in [0.05, 0.1) is 5.92 Å². The number of halogens is 1. The van der Waals surface area contributed by atoms with Gasteiger partial charge in [0.1, 0.15) is 0 Å². The van der Waals surface area contributed by atoms with Crippen LogP contribution in [0.2, 0.25) is 0 Å². The SMILES string of the molecule is CC1=CC=CC(C(=O)Cl)C1C. The van der Waals surface area contributed by atoms with E-state index in [9.17, 15) is 4.79 Å². The van der Waals surface area contributed by atoms with Gasteiger partial charge in [-0.15, -0.1) is 0 Å². The van der Waals surface area contributed by atoms with Crippen LogP contribution in [0.4, 0.5) is 0 Å². The number of carbonyl (C=O) groups excluding carboxylic acids is 1. The van der Waals surface area contributed by atoms with Gasteiger partial charge in [0, 0.05) is 0 Å². The monoisotopic (exact) mass is 170 g/mol. The minimum Gasteiger partial charge on any atom is -0.281 e. The quantitative estimate of drug-likeness (QED) is 0.553. The molecule has 0 N–H and O–H groups in total. The van der Waals surface area contributed by atoms with E-state index in [0.717, 1.165) is 0 Å². The third-order valence-electron chi connectivity index (χ3n) is 2.20. The summed E-state index contributed by atoms with van der Waals surface area (Å²) in [6, 6.07) is 0. The predicted molar refractivity (Wildman–Crippen MR) is 46.4 cm³/mol. The molecule has 11 heavy (non-hydrogen) atoms. The minimum absolute atomic E-state index is 0.123. The van der Waals surface area contributed by atoms with Gasteiger partial charge in [-0.05, 0) is 24.4 Å². The lowest BCUT2D eigenvalue weighted by Crippen LogP contribution is -2.18. The number of allylic oxidation sites excluding steroid dienone is 4. The molecule has 2 atom stereocenters. The minimum atomic E-state index is -0.263. The van der Waals surface area contributed by atoms with Crippen molar-refractivity contribution in [3.8, 4) is 0 Å². The van der Waals surface area contributed by atoms with Crippen LogP contribution in [-0.4, -0.2) is 5.24 Å². The van der Waals surface area contributed by atoms with Crippen LogP contribution in [0.5, 0.6) is 0 Å². The van der Waals surface area contributed by atoms with Gasteiger partial charge in [-0.3, -0.25) is 4.79 Å². The molecule has 1 aliphatic carbocycles. The highest BCUT2D eigenvalue weighted by Crippen LogP contribution is 2.26. The van der Waals surface area contributed by atoms with E-state index < -0.39 is 0 Å². The van der Waals surface area contributed by atoms with E-state index in [-0.39, 0.29) is 17.1 Å². The predicted octanol–water partition coefficient (Wildman–Crippen LogP) is 2.52. The molecule has 0 bridgehead atoms. The first-order valence-electron chi connectivity index (χ1n) is 3.67. The van der Waals surface area contributed by atoms with Crippen LogP contribution in [0.25, 0.3) is 0 Å². The Balaban J connectivity index is 2.81. The van der Waals surface area contributed by atoms with Crippen molar-refractivity contribution in [1.29, 1.82) is 0 Å². The van der Waals surface area contributed by atoms with Crippen molar-refractivity contribution < 1.29 is 4.79 Å². The highest BCUT2D eigenvalue weighted by molar-refractivity contribution is 6.64. The van der Waals surface area contributed by atoms with Gasteiger partial charge in [-0.2, -0.15) is 0 Å². The topological polar surface area (TPSA) is 17.1 Å². The Labute approximate surface area is 71.7 Å². The third kappa shape index (κ3) is 1.72.